The Morgan fingerprint density at radius 3 is 2.95 bits per heavy atom. The third-order valence-electron chi connectivity index (χ3n) is 2.92. The second-order valence-corrected chi connectivity index (χ2v) is 4.45. The molecule has 1 aromatic rings. The number of carbonyl (C=O) groups excluding carboxylic acids is 2. The van der Waals surface area contributed by atoms with Gasteiger partial charge >= 0.3 is 0 Å². The highest BCUT2D eigenvalue weighted by Crippen LogP contribution is 2.14. The highest BCUT2D eigenvalue weighted by molar-refractivity contribution is 5.90. The number of rotatable bonds is 4. The van der Waals surface area contributed by atoms with Gasteiger partial charge in [0.2, 0.25) is 11.8 Å². The molecule has 0 radical (unpaired) electrons. The summed E-state index contributed by atoms with van der Waals surface area (Å²) >= 11 is 0. The van der Waals surface area contributed by atoms with Crippen molar-refractivity contribution in [1.82, 2.24) is 10.6 Å². The molecule has 1 heterocycles. The zero-order valence-corrected chi connectivity index (χ0v) is 11.3. The molecule has 6 heteroatoms. The van der Waals surface area contributed by atoms with Crippen LogP contribution in [0.15, 0.2) is 24.3 Å². The van der Waals surface area contributed by atoms with E-state index in [9.17, 15) is 14.0 Å². The van der Waals surface area contributed by atoms with Crippen LogP contribution in [0.25, 0.3) is 0 Å². The summed E-state index contributed by atoms with van der Waals surface area (Å²) in [5.74, 6) is 4.72. The fourth-order valence-electron chi connectivity index (χ4n) is 1.85. The molecule has 1 aliphatic rings. The molecule has 1 fully saturated rings. The molecular weight excluding hydrogens is 275 g/mol. The van der Waals surface area contributed by atoms with E-state index in [1.54, 1.807) is 12.1 Å². The Balaban J connectivity index is 1.66. The summed E-state index contributed by atoms with van der Waals surface area (Å²) in [5.41, 5.74) is 0. The summed E-state index contributed by atoms with van der Waals surface area (Å²) in [6, 6.07) is 5.60. The van der Waals surface area contributed by atoms with Gasteiger partial charge in [0.05, 0.1) is 6.54 Å². The van der Waals surface area contributed by atoms with E-state index < -0.39 is 11.9 Å². The SMILES string of the molecule is O=C1CCC(C(=O)NCC#CCOc2ccccc2F)N1. The summed E-state index contributed by atoms with van der Waals surface area (Å²) in [4.78, 5) is 22.6. The highest BCUT2D eigenvalue weighted by atomic mass is 19.1. The molecule has 2 rings (SSSR count). The zero-order valence-electron chi connectivity index (χ0n) is 11.3. The van der Waals surface area contributed by atoms with E-state index in [1.165, 1.54) is 12.1 Å². The Morgan fingerprint density at radius 1 is 1.43 bits per heavy atom. The van der Waals surface area contributed by atoms with Gasteiger partial charge in [-0.3, -0.25) is 9.59 Å². The lowest BCUT2D eigenvalue weighted by Crippen LogP contribution is -2.41. The first kappa shape index (κ1) is 14.9. The largest absolute Gasteiger partial charge is 0.478 e. The fraction of sp³-hybridized carbons (Fsp3) is 0.333. The van der Waals surface area contributed by atoms with Gasteiger partial charge in [-0.1, -0.05) is 24.0 Å². The van der Waals surface area contributed by atoms with Gasteiger partial charge in [-0.15, -0.1) is 0 Å². The minimum atomic E-state index is -0.464. The van der Waals surface area contributed by atoms with Crippen molar-refractivity contribution in [3.63, 3.8) is 0 Å². The van der Waals surface area contributed by atoms with Crippen LogP contribution < -0.4 is 15.4 Å². The first-order valence-corrected chi connectivity index (χ1v) is 6.57. The number of halogens is 1. The van der Waals surface area contributed by atoms with Gasteiger partial charge in [-0.25, -0.2) is 4.39 Å². The molecule has 1 saturated heterocycles. The lowest BCUT2D eigenvalue weighted by Gasteiger charge is -2.08. The molecule has 21 heavy (non-hydrogen) atoms. The second kappa shape index (κ2) is 7.29. The number of para-hydroxylation sites is 1. The van der Waals surface area contributed by atoms with Crippen molar-refractivity contribution >= 4 is 11.8 Å². The first-order chi connectivity index (χ1) is 10.2. The molecule has 1 atom stereocenters. The topological polar surface area (TPSA) is 67.4 Å². The summed E-state index contributed by atoms with van der Waals surface area (Å²) in [7, 11) is 0. The standard InChI is InChI=1S/C15H15FN2O3/c16-11-5-1-2-6-13(11)21-10-4-3-9-17-15(20)12-7-8-14(19)18-12/h1-2,5-6,12H,7-10H2,(H,17,20)(H,18,19). The van der Waals surface area contributed by atoms with E-state index in [2.05, 4.69) is 22.5 Å². The Labute approximate surface area is 121 Å². The van der Waals surface area contributed by atoms with Crippen molar-refractivity contribution in [2.24, 2.45) is 0 Å². The first-order valence-electron chi connectivity index (χ1n) is 6.57. The smallest absolute Gasteiger partial charge is 0.243 e. The van der Waals surface area contributed by atoms with Gasteiger partial charge in [-0.05, 0) is 18.6 Å². The summed E-state index contributed by atoms with van der Waals surface area (Å²) < 4.78 is 18.3. The molecule has 5 nitrogen and oxygen atoms in total. The molecule has 1 aromatic carbocycles. The van der Waals surface area contributed by atoms with Crippen LogP contribution in [-0.2, 0) is 9.59 Å². The quantitative estimate of drug-likeness (QED) is 0.798. The lowest BCUT2D eigenvalue weighted by molar-refractivity contribution is -0.125. The van der Waals surface area contributed by atoms with Gasteiger partial charge in [0, 0.05) is 6.42 Å². The molecule has 0 spiro atoms. The van der Waals surface area contributed by atoms with Crippen molar-refractivity contribution < 1.29 is 18.7 Å². The summed E-state index contributed by atoms with van der Waals surface area (Å²) in [5, 5.41) is 5.17. The predicted octanol–water partition coefficient (Wildman–Crippen LogP) is 0.603. The molecule has 0 saturated carbocycles. The molecule has 1 aliphatic heterocycles. The van der Waals surface area contributed by atoms with Gasteiger partial charge in [0.25, 0.3) is 0 Å². The Hall–Kier alpha value is -2.55. The summed E-state index contributed by atoms with van der Waals surface area (Å²) in [6.45, 7) is 0.197. The van der Waals surface area contributed by atoms with Gasteiger partial charge in [0.15, 0.2) is 11.6 Å². The van der Waals surface area contributed by atoms with Crippen molar-refractivity contribution in [1.29, 1.82) is 0 Å². The fourth-order valence-corrected chi connectivity index (χ4v) is 1.85. The average Bonchev–Trinajstić information content (AvgIpc) is 2.91. The Morgan fingerprint density at radius 2 is 2.24 bits per heavy atom. The lowest BCUT2D eigenvalue weighted by atomic mass is 10.2. The van der Waals surface area contributed by atoms with E-state index >= 15 is 0 Å². The van der Waals surface area contributed by atoms with Crippen LogP contribution >= 0.6 is 0 Å². The second-order valence-electron chi connectivity index (χ2n) is 4.45. The van der Waals surface area contributed by atoms with Crippen LogP contribution in [0.1, 0.15) is 12.8 Å². The molecule has 2 N–H and O–H groups in total. The van der Waals surface area contributed by atoms with Gasteiger partial charge in [0.1, 0.15) is 12.6 Å². The number of hydrogen-bond acceptors (Lipinski definition) is 3. The van der Waals surface area contributed by atoms with E-state index in [0.29, 0.717) is 12.8 Å². The van der Waals surface area contributed by atoms with Crippen LogP contribution in [0.5, 0.6) is 5.75 Å². The van der Waals surface area contributed by atoms with Crippen LogP contribution in [0.2, 0.25) is 0 Å². The Bertz CT molecular complexity index is 592. The van der Waals surface area contributed by atoms with Crippen LogP contribution in [0.3, 0.4) is 0 Å². The number of hydrogen-bond donors (Lipinski definition) is 2. The van der Waals surface area contributed by atoms with Crippen molar-refractivity contribution in [3.05, 3.63) is 30.1 Å². The van der Waals surface area contributed by atoms with Crippen molar-refractivity contribution in [2.45, 2.75) is 18.9 Å². The molecule has 2 amide bonds. The maximum Gasteiger partial charge on any atom is 0.243 e. The Kier molecular flexibility index (Phi) is 5.16. The molecule has 0 aromatic heterocycles. The molecule has 1 unspecified atom stereocenters. The van der Waals surface area contributed by atoms with Gasteiger partial charge in [-0.2, -0.15) is 0 Å². The van der Waals surface area contributed by atoms with Crippen LogP contribution in [-0.4, -0.2) is 31.0 Å². The number of nitrogens with one attached hydrogen (secondary N) is 2. The maximum atomic E-state index is 13.2. The number of amides is 2. The van der Waals surface area contributed by atoms with Crippen molar-refractivity contribution in [3.8, 4) is 17.6 Å². The van der Waals surface area contributed by atoms with Gasteiger partial charge < -0.3 is 15.4 Å². The molecule has 0 aliphatic carbocycles. The predicted molar refractivity (Wildman–Crippen MR) is 73.8 cm³/mol. The molecular formula is C15H15FN2O3. The average molecular weight is 290 g/mol. The van der Waals surface area contributed by atoms with E-state index in [1.807, 2.05) is 0 Å². The van der Waals surface area contributed by atoms with E-state index in [0.717, 1.165) is 0 Å². The zero-order chi connectivity index (χ0) is 15.1. The third-order valence-corrected chi connectivity index (χ3v) is 2.92. The maximum absolute atomic E-state index is 13.2. The van der Waals surface area contributed by atoms with Crippen molar-refractivity contribution in [2.75, 3.05) is 13.2 Å². The molecule has 0 bridgehead atoms. The monoisotopic (exact) mass is 290 g/mol. The minimum Gasteiger partial charge on any atom is -0.478 e. The normalized spacial score (nSPS) is 16.6. The molecule has 110 valence electrons. The third kappa shape index (κ3) is 4.49. The van der Waals surface area contributed by atoms with Crippen LogP contribution in [0.4, 0.5) is 4.39 Å². The summed E-state index contributed by atoms with van der Waals surface area (Å²) in [6.07, 6.45) is 0.884. The number of ether oxygens (including phenoxy) is 1. The highest BCUT2D eigenvalue weighted by Gasteiger charge is 2.26. The number of carbonyl (C=O) groups is 2. The van der Waals surface area contributed by atoms with E-state index in [4.69, 9.17) is 4.74 Å². The van der Waals surface area contributed by atoms with E-state index in [-0.39, 0.29) is 30.7 Å². The minimum absolute atomic E-state index is 0.0387. The van der Waals surface area contributed by atoms with Crippen LogP contribution in [0, 0.1) is 17.7 Å². The number of benzene rings is 1.